The summed E-state index contributed by atoms with van der Waals surface area (Å²) < 4.78 is 43.4. The summed E-state index contributed by atoms with van der Waals surface area (Å²) in [5.74, 6) is -0.957. The van der Waals surface area contributed by atoms with Gasteiger partial charge >= 0.3 is 13.5 Å². The third-order valence-electron chi connectivity index (χ3n) is 2.83. The first kappa shape index (κ1) is 19.0. The van der Waals surface area contributed by atoms with E-state index in [1.807, 2.05) is 0 Å². The van der Waals surface area contributed by atoms with Crippen LogP contribution in [-0.2, 0) is 31.2 Å². The fourth-order valence-corrected chi connectivity index (χ4v) is 3.93. The minimum Gasteiger partial charge on any atom is -0.389 e. The maximum atomic E-state index is 12.8. The van der Waals surface area contributed by atoms with E-state index in [9.17, 15) is 9.36 Å². The van der Waals surface area contributed by atoms with Crippen LogP contribution < -0.4 is 5.76 Å². The Kier molecular flexibility index (Phi) is 6.75. The summed E-state index contributed by atoms with van der Waals surface area (Å²) in [7, 11) is -2.70. The molecule has 0 unspecified atom stereocenters. The average molecular weight is 388 g/mol. The van der Waals surface area contributed by atoms with E-state index in [1.165, 1.54) is 7.11 Å². The lowest BCUT2D eigenvalue weighted by atomic mass is 10.3. The summed E-state index contributed by atoms with van der Waals surface area (Å²) in [5.41, 5.74) is -0.755. The van der Waals surface area contributed by atoms with Crippen molar-refractivity contribution in [3.8, 4) is 0 Å². The van der Waals surface area contributed by atoms with Gasteiger partial charge < -0.3 is 9.15 Å². The number of rotatable bonds is 11. The SMILES string of the molecule is CCOSOP(=O)(OSOCC)n1nc(C2(OC)CC2)oc1=O. The van der Waals surface area contributed by atoms with Crippen molar-refractivity contribution in [3.05, 3.63) is 16.4 Å². The monoisotopic (exact) mass is 388 g/mol. The standard InChI is InChI=1S/C10H17N2O8PS2/c1-4-16-22-19-21(14,20-23-17-5-2)12-9(13)18-8(11-12)10(15-3)6-7-10/h4-7H2,1-3H3. The van der Waals surface area contributed by atoms with E-state index in [-0.39, 0.29) is 5.89 Å². The smallest absolute Gasteiger partial charge is 0.389 e. The Labute approximate surface area is 141 Å². The first-order chi connectivity index (χ1) is 11.0. The molecule has 0 bridgehead atoms. The van der Waals surface area contributed by atoms with E-state index in [0.717, 1.165) is 0 Å². The number of hydrogen-bond acceptors (Lipinski definition) is 11. The van der Waals surface area contributed by atoms with Gasteiger partial charge in [0.15, 0.2) is 24.6 Å². The fourth-order valence-electron chi connectivity index (χ4n) is 1.52. The fraction of sp³-hybridized carbons (Fsp3) is 0.800. The van der Waals surface area contributed by atoms with Crippen molar-refractivity contribution in [2.24, 2.45) is 0 Å². The lowest BCUT2D eigenvalue weighted by Crippen LogP contribution is -2.16. The van der Waals surface area contributed by atoms with Crippen LogP contribution in [0.1, 0.15) is 32.6 Å². The molecule has 2 rings (SSSR count). The summed E-state index contributed by atoms with van der Waals surface area (Å²) in [6.45, 7) is 4.03. The van der Waals surface area contributed by atoms with Crippen molar-refractivity contribution in [1.82, 2.24) is 9.55 Å². The minimum absolute atomic E-state index is 0.0280. The molecule has 0 radical (unpaired) electrons. The van der Waals surface area contributed by atoms with E-state index >= 15 is 0 Å². The predicted octanol–water partition coefficient (Wildman–Crippen LogP) is 2.66. The van der Waals surface area contributed by atoms with Crippen LogP contribution >= 0.6 is 32.4 Å². The number of hydrogen-bond donors (Lipinski definition) is 0. The zero-order valence-electron chi connectivity index (χ0n) is 12.8. The summed E-state index contributed by atoms with van der Waals surface area (Å²) in [6, 6.07) is 0. The molecule has 1 aliphatic rings. The van der Waals surface area contributed by atoms with Gasteiger partial charge in [0.1, 0.15) is 5.60 Å². The summed E-state index contributed by atoms with van der Waals surface area (Å²) in [6.07, 6.45) is 1.30. The largest absolute Gasteiger partial charge is 0.487 e. The Balaban J connectivity index is 2.23. The molecule has 0 aromatic carbocycles. The van der Waals surface area contributed by atoms with E-state index in [2.05, 4.69) is 5.10 Å². The maximum Gasteiger partial charge on any atom is 0.487 e. The second kappa shape index (κ2) is 8.17. The van der Waals surface area contributed by atoms with Crippen molar-refractivity contribution >= 4 is 32.4 Å². The van der Waals surface area contributed by atoms with Crippen LogP contribution in [0, 0.1) is 0 Å². The van der Waals surface area contributed by atoms with Gasteiger partial charge in [-0.05, 0) is 26.7 Å². The van der Waals surface area contributed by atoms with Gasteiger partial charge in [0.25, 0.3) is 5.89 Å². The molecule has 1 heterocycles. The molecule has 10 nitrogen and oxygen atoms in total. The molecule has 0 saturated heterocycles. The van der Waals surface area contributed by atoms with Crippen LogP contribution in [0.4, 0.5) is 0 Å². The summed E-state index contributed by atoms with van der Waals surface area (Å²) >= 11 is 0.861. The Bertz CT molecular complexity index is 602. The number of nitrogens with zero attached hydrogens (tertiary/aromatic N) is 2. The molecule has 1 saturated carbocycles. The average Bonchev–Trinajstić information content (AvgIpc) is 3.24. The number of methoxy groups -OCH3 is 1. The van der Waals surface area contributed by atoms with Crippen LogP contribution in [0.2, 0.25) is 0 Å². The highest BCUT2D eigenvalue weighted by molar-refractivity contribution is 7.97. The molecule has 132 valence electrons. The van der Waals surface area contributed by atoms with E-state index in [4.69, 9.17) is 25.5 Å². The first-order valence-corrected chi connectivity index (χ1v) is 9.56. The Morgan fingerprint density at radius 3 is 2.26 bits per heavy atom. The number of ether oxygens (including phenoxy) is 1. The van der Waals surface area contributed by atoms with Crippen molar-refractivity contribution in [1.29, 1.82) is 0 Å². The molecule has 13 heteroatoms. The lowest BCUT2D eigenvalue weighted by Gasteiger charge is -2.13. The van der Waals surface area contributed by atoms with E-state index in [1.54, 1.807) is 13.8 Å². The van der Waals surface area contributed by atoms with Crippen LogP contribution in [0.5, 0.6) is 0 Å². The van der Waals surface area contributed by atoms with Gasteiger partial charge in [-0.25, -0.2) is 9.36 Å². The molecule has 1 aliphatic carbocycles. The van der Waals surface area contributed by atoms with Crippen LogP contribution in [0.25, 0.3) is 0 Å². The Morgan fingerprint density at radius 1 is 1.26 bits per heavy atom. The van der Waals surface area contributed by atoms with Gasteiger partial charge in [-0.3, -0.25) is 8.37 Å². The lowest BCUT2D eigenvalue weighted by molar-refractivity contribution is 0.0534. The highest BCUT2D eigenvalue weighted by Crippen LogP contribution is 2.55. The van der Waals surface area contributed by atoms with Gasteiger partial charge in [0.05, 0.1) is 13.2 Å². The normalized spacial score (nSPS) is 16.7. The van der Waals surface area contributed by atoms with E-state index < -0.39 is 19.1 Å². The van der Waals surface area contributed by atoms with Crippen molar-refractivity contribution in [2.45, 2.75) is 32.3 Å². The molecular weight excluding hydrogens is 371 g/mol. The summed E-state index contributed by atoms with van der Waals surface area (Å²) in [5, 5.41) is 3.91. The summed E-state index contributed by atoms with van der Waals surface area (Å²) in [4.78, 5) is 12.0. The van der Waals surface area contributed by atoms with Crippen LogP contribution in [0.3, 0.4) is 0 Å². The van der Waals surface area contributed by atoms with E-state index in [0.29, 0.717) is 55.2 Å². The molecule has 0 spiro atoms. The van der Waals surface area contributed by atoms with Crippen molar-refractivity contribution in [3.63, 3.8) is 0 Å². The van der Waals surface area contributed by atoms with Gasteiger partial charge in [0.2, 0.25) is 0 Å². The third kappa shape index (κ3) is 4.40. The molecule has 1 aromatic rings. The zero-order valence-corrected chi connectivity index (χ0v) is 15.3. The van der Waals surface area contributed by atoms with Crippen molar-refractivity contribution < 1.29 is 30.0 Å². The second-order valence-corrected chi connectivity index (χ2v) is 7.58. The molecule has 0 amide bonds. The second-order valence-electron chi connectivity index (χ2n) is 4.33. The third-order valence-corrected chi connectivity index (χ3v) is 6.21. The molecule has 0 N–H and O–H groups in total. The zero-order chi connectivity index (χ0) is 16.9. The Morgan fingerprint density at radius 2 is 1.83 bits per heavy atom. The van der Waals surface area contributed by atoms with Crippen LogP contribution in [-0.4, -0.2) is 29.9 Å². The molecule has 0 atom stereocenters. The minimum atomic E-state index is -4.18. The Hall–Kier alpha value is -0.330. The topological polar surface area (TPSA) is 111 Å². The van der Waals surface area contributed by atoms with Crippen LogP contribution in [0.15, 0.2) is 9.21 Å². The molecular formula is C10H17N2O8PS2. The highest BCUT2D eigenvalue weighted by Gasteiger charge is 2.51. The van der Waals surface area contributed by atoms with Gasteiger partial charge in [-0.15, -0.1) is 5.10 Å². The number of aromatic nitrogens is 2. The van der Waals surface area contributed by atoms with Crippen molar-refractivity contribution in [2.75, 3.05) is 20.3 Å². The van der Waals surface area contributed by atoms with Gasteiger partial charge in [-0.1, -0.05) is 4.45 Å². The molecule has 1 fully saturated rings. The first-order valence-electron chi connectivity index (χ1n) is 6.74. The maximum absolute atomic E-state index is 12.8. The highest BCUT2D eigenvalue weighted by atomic mass is 32.2. The molecule has 1 aromatic heterocycles. The van der Waals surface area contributed by atoms with Gasteiger partial charge in [-0.2, -0.15) is 7.94 Å². The van der Waals surface area contributed by atoms with Gasteiger partial charge in [0, 0.05) is 7.11 Å². The quantitative estimate of drug-likeness (QED) is 0.317. The predicted molar refractivity (Wildman–Crippen MR) is 82.3 cm³/mol. The molecule has 23 heavy (non-hydrogen) atoms. The molecule has 0 aliphatic heterocycles.